The highest BCUT2D eigenvalue weighted by molar-refractivity contribution is 9.13. The van der Waals surface area contributed by atoms with Gasteiger partial charge in [0.1, 0.15) is 21.5 Å². The molecule has 0 saturated carbocycles. The third-order valence-electron chi connectivity index (χ3n) is 3.23. The van der Waals surface area contributed by atoms with Crippen molar-refractivity contribution in [1.82, 2.24) is 15.5 Å². The van der Waals surface area contributed by atoms with E-state index in [9.17, 15) is 9.59 Å². The zero-order valence-electron chi connectivity index (χ0n) is 15.3. The quantitative estimate of drug-likeness (QED) is 0.576. The molecule has 0 unspecified atom stereocenters. The van der Waals surface area contributed by atoms with Crippen molar-refractivity contribution in [1.29, 1.82) is 0 Å². The number of aromatic amines is 1. The fourth-order valence-corrected chi connectivity index (χ4v) is 2.87. The second-order valence-corrected chi connectivity index (χ2v) is 8.27. The van der Waals surface area contributed by atoms with Crippen molar-refractivity contribution in [3.8, 4) is 17.0 Å². The van der Waals surface area contributed by atoms with Crippen LogP contribution in [0.15, 0.2) is 38.0 Å². The van der Waals surface area contributed by atoms with Crippen LogP contribution in [0.2, 0.25) is 0 Å². The van der Waals surface area contributed by atoms with Gasteiger partial charge in [0.05, 0.1) is 11.1 Å². The number of nitrogens with one attached hydrogen (secondary N) is 2. The summed E-state index contributed by atoms with van der Waals surface area (Å²) in [5.41, 5.74) is 0.567. The van der Waals surface area contributed by atoms with Gasteiger partial charge in [-0.1, -0.05) is 12.1 Å². The third kappa shape index (κ3) is 6.66. The molecule has 7 nitrogen and oxygen atoms in total. The van der Waals surface area contributed by atoms with Crippen LogP contribution in [-0.2, 0) is 4.74 Å². The van der Waals surface area contributed by atoms with E-state index in [0.29, 0.717) is 40.0 Å². The maximum atomic E-state index is 11.6. The molecule has 2 rings (SSSR count). The molecule has 1 heterocycles. The number of hydrogen-bond donors (Lipinski definition) is 2. The van der Waals surface area contributed by atoms with Crippen molar-refractivity contribution in [3.63, 3.8) is 0 Å². The molecule has 1 aromatic heterocycles. The molecule has 2 aromatic rings. The number of hydrogen-bond acceptors (Lipinski definition) is 5. The lowest BCUT2D eigenvalue weighted by Crippen LogP contribution is -2.33. The number of alkyl carbamates (subject to hydrolysis) is 1. The Labute approximate surface area is 174 Å². The first-order valence-corrected chi connectivity index (χ1v) is 9.90. The lowest BCUT2D eigenvalue weighted by Gasteiger charge is -2.19. The molecule has 0 aliphatic heterocycles. The Morgan fingerprint density at radius 3 is 2.70 bits per heavy atom. The molecule has 9 heteroatoms. The second-order valence-electron chi connectivity index (χ2n) is 6.69. The maximum absolute atomic E-state index is 11.6. The van der Waals surface area contributed by atoms with E-state index >= 15 is 0 Å². The van der Waals surface area contributed by atoms with Crippen LogP contribution in [0.25, 0.3) is 11.3 Å². The van der Waals surface area contributed by atoms with Crippen LogP contribution in [0.3, 0.4) is 0 Å². The first-order chi connectivity index (χ1) is 12.7. The predicted molar refractivity (Wildman–Crippen MR) is 110 cm³/mol. The minimum atomic E-state index is -0.514. The van der Waals surface area contributed by atoms with Crippen LogP contribution in [0.1, 0.15) is 27.2 Å². The predicted octanol–water partition coefficient (Wildman–Crippen LogP) is 4.26. The normalized spacial score (nSPS) is 11.1. The van der Waals surface area contributed by atoms with Crippen LogP contribution in [-0.4, -0.2) is 35.0 Å². The molecule has 1 aromatic carbocycles. The molecule has 0 saturated heterocycles. The molecule has 0 atom stereocenters. The number of carbonyl (C=O) groups excluding carboxylic acids is 1. The summed E-state index contributed by atoms with van der Waals surface area (Å²) < 4.78 is 11.8. The summed E-state index contributed by atoms with van der Waals surface area (Å²) in [6.45, 7) is 6.34. The highest BCUT2D eigenvalue weighted by Gasteiger charge is 2.15. The lowest BCUT2D eigenvalue weighted by molar-refractivity contribution is 0.0525. The Morgan fingerprint density at radius 1 is 1.26 bits per heavy atom. The van der Waals surface area contributed by atoms with E-state index in [1.807, 2.05) is 45.0 Å². The van der Waals surface area contributed by atoms with Crippen molar-refractivity contribution in [2.24, 2.45) is 0 Å². The van der Waals surface area contributed by atoms with Gasteiger partial charge < -0.3 is 14.8 Å². The number of ether oxygens (including phenoxy) is 2. The van der Waals surface area contributed by atoms with Crippen molar-refractivity contribution in [3.05, 3.63) is 43.6 Å². The van der Waals surface area contributed by atoms with E-state index < -0.39 is 11.7 Å². The van der Waals surface area contributed by atoms with Gasteiger partial charge in [-0.15, -0.1) is 0 Å². The molecule has 2 N–H and O–H groups in total. The van der Waals surface area contributed by atoms with Crippen LogP contribution < -0.4 is 15.6 Å². The van der Waals surface area contributed by atoms with Crippen LogP contribution in [0, 0.1) is 0 Å². The minimum Gasteiger partial charge on any atom is -0.494 e. The summed E-state index contributed by atoms with van der Waals surface area (Å²) in [6.07, 6.45) is 0.194. The highest BCUT2D eigenvalue weighted by atomic mass is 79.9. The molecular weight excluding hydrogens is 482 g/mol. The maximum Gasteiger partial charge on any atom is 0.407 e. The first-order valence-electron chi connectivity index (χ1n) is 8.31. The largest absolute Gasteiger partial charge is 0.494 e. The van der Waals surface area contributed by atoms with Crippen molar-refractivity contribution in [2.45, 2.75) is 32.8 Å². The van der Waals surface area contributed by atoms with Gasteiger partial charge in [-0.05, 0) is 71.2 Å². The number of carbonyl (C=O) groups is 1. The Morgan fingerprint density at radius 2 is 2.00 bits per heavy atom. The van der Waals surface area contributed by atoms with E-state index in [4.69, 9.17) is 9.47 Å². The molecule has 0 radical (unpaired) electrons. The summed E-state index contributed by atoms with van der Waals surface area (Å²) in [7, 11) is 0. The summed E-state index contributed by atoms with van der Waals surface area (Å²) in [5, 5.41) is 9.20. The lowest BCUT2D eigenvalue weighted by atomic mass is 10.1. The molecule has 146 valence electrons. The minimum absolute atomic E-state index is 0.310. The number of rotatable bonds is 6. The highest BCUT2D eigenvalue weighted by Crippen LogP contribution is 2.31. The average Bonchev–Trinajstić information content (AvgIpc) is 2.58. The van der Waals surface area contributed by atoms with Gasteiger partial charge in [0.2, 0.25) is 0 Å². The first kappa shape index (κ1) is 21.4. The zero-order valence-corrected chi connectivity index (χ0v) is 18.4. The monoisotopic (exact) mass is 501 g/mol. The molecule has 0 spiro atoms. The Bertz CT molecular complexity index is 862. The van der Waals surface area contributed by atoms with Gasteiger partial charge >= 0.3 is 6.09 Å². The van der Waals surface area contributed by atoms with Gasteiger partial charge in [-0.2, -0.15) is 5.10 Å². The van der Waals surface area contributed by atoms with E-state index in [-0.39, 0.29) is 5.56 Å². The van der Waals surface area contributed by atoms with Crippen molar-refractivity contribution in [2.75, 3.05) is 13.2 Å². The van der Waals surface area contributed by atoms with Gasteiger partial charge in [0, 0.05) is 12.1 Å². The van der Waals surface area contributed by atoms with E-state index in [2.05, 4.69) is 47.4 Å². The van der Waals surface area contributed by atoms with Gasteiger partial charge in [0.15, 0.2) is 0 Å². The van der Waals surface area contributed by atoms with E-state index in [1.165, 1.54) is 0 Å². The number of benzene rings is 1. The number of nitrogens with zero attached hydrogens (tertiary/aromatic N) is 1. The number of aromatic nitrogens is 2. The van der Waals surface area contributed by atoms with Crippen LogP contribution >= 0.6 is 31.9 Å². The molecular formula is C18H21Br2N3O4. The van der Waals surface area contributed by atoms with Crippen LogP contribution in [0.5, 0.6) is 5.75 Å². The van der Waals surface area contributed by atoms with E-state index in [0.717, 1.165) is 5.56 Å². The summed E-state index contributed by atoms with van der Waals surface area (Å²) in [4.78, 5) is 23.1. The standard InChI is InChI=1S/C18H21Br2N3O4/c1-18(2,3)27-17(25)21-8-5-9-26-12-7-4-6-11(10-12)15-13(19)14(20)16(24)23-22-15/h4,6-7,10H,5,8-9H2,1-3H3,(H,21,25)(H,23,24). The molecule has 0 fully saturated rings. The Hall–Kier alpha value is -1.87. The summed E-state index contributed by atoms with van der Waals surface area (Å²) in [5.74, 6) is 0.667. The fourth-order valence-electron chi connectivity index (χ4n) is 2.10. The average molecular weight is 503 g/mol. The third-order valence-corrected chi connectivity index (χ3v) is 5.30. The van der Waals surface area contributed by atoms with Gasteiger partial charge in [-0.25, -0.2) is 9.89 Å². The van der Waals surface area contributed by atoms with Crippen LogP contribution in [0.4, 0.5) is 4.79 Å². The van der Waals surface area contributed by atoms with Crippen molar-refractivity contribution < 1.29 is 14.3 Å². The number of amides is 1. The Kier molecular flexibility index (Phi) is 7.43. The van der Waals surface area contributed by atoms with Gasteiger partial charge in [0.25, 0.3) is 5.56 Å². The topological polar surface area (TPSA) is 93.3 Å². The number of halogens is 2. The molecule has 0 aliphatic rings. The molecule has 0 bridgehead atoms. The molecule has 27 heavy (non-hydrogen) atoms. The summed E-state index contributed by atoms with van der Waals surface area (Å²) in [6, 6.07) is 7.38. The smallest absolute Gasteiger partial charge is 0.407 e. The SMILES string of the molecule is CC(C)(C)OC(=O)NCCCOc1cccc(-c2n[nH]c(=O)c(Br)c2Br)c1. The van der Waals surface area contributed by atoms with E-state index in [1.54, 1.807) is 0 Å². The molecule has 0 aliphatic carbocycles. The summed E-state index contributed by atoms with van der Waals surface area (Å²) >= 11 is 6.61. The fraction of sp³-hybridized carbons (Fsp3) is 0.389. The van der Waals surface area contributed by atoms with Crippen molar-refractivity contribution >= 4 is 38.0 Å². The second kappa shape index (κ2) is 9.36. The van der Waals surface area contributed by atoms with Gasteiger partial charge in [-0.3, -0.25) is 4.79 Å². The number of H-pyrrole nitrogens is 1. The Balaban J connectivity index is 1.89. The molecule has 1 amide bonds. The zero-order chi connectivity index (χ0) is 20.0.